The summed E-state index contributed by atoms with van der Waals surface area (Å²) in [7, 11) is -7.83. The van der Waals surface area contributed by atoms with Gasteiger partial charge in [0, 0.05) is 48.3 Å². The van der Waals surface area contributed by atoms with E-state index in [4.69, 9.17) is 60.6 Å². The van der Waals surface area contributed by atoms with Gasteiger partial charge in [-0.2, -0.15) is 5.10 Å². The number of aromatic nitrogens is 1. The van der Waals surface area contributed by atoms with E-state index in [1.165, 1.54) is 11.3 Å². The number of aromatic amines is 1. The van der Waals surface area contributed by atoms with Crippen LogP contribution in [0.25, 0.3) is 0 Å². The quantitative estimate of drug-likeness (QED) is 0.185. The molecule has 2 aromatic rings. The summed E-state index contributed by atoms with van der Waals surface area (Å²) in [5.41, 5.74) is 16.2. The van der Waals surface area contributed by atoms with E-state index in [1.807, 2.05) is 17.6 Å². The van der Waals surface area contributed by atoms with E-state index in [-0.39, 0.29) is 11.9 Å². The van der Waals surface area contributed by atoms with Gasteiger partial charge in [-0.25, -0.2) is 21.8 Å². The van der Waals surface area contributed by atoms with Crippen LogP contribution in [0.2, 0.25) is 9.36 Å². The predicted octanol–water partition coefficient (Wildman–Crippen LogP) is -0.712. The monoisotopic (exact) mass is 559 g/mol. The van der Waals surface area contributed by atoms with E-state index >= 15 is 0 Å². The average Bonchev–Trinajstić information content (AvgIpc) is 2.95. The van der Waals surface area contributed by atoms with Gasteiger partial charge in [-0.1, -0.05) is 23.2 Å². The first-order chi connectivity index (χ1) is 15.0. The number of nitrogens with one attached hydrogen (secondary N) is 2. The minimum atomic E-state index is -3.92. The second-order valence-corrected chi connectivity index (χ2v) is 11.6. The molecule has 1 atom stereocenters. The van der Waals surface area contributed by atoms with E-state index in [2.05, 4.69) is 22.1 Å². The third-order valence-corrected chi connectivity index (χ3v) is 5.62. The summed E-state index contributed by atoms with van der Waals surface area (Å²) in [4.78, 5) is 3.32. The Labute approximate surface area is 206 Å². The molecule has 2 heterocycles. The molecule has 0 bridgehead atoms. The maximum Gasteiger partial charge on any atom is 0.362 e. The Morgan fingerprint density at radius 3 is 2.18 bits per heavy atom. The first-order valence-corrected chi connectivity index (χ1v) is 14.2. The maximum absolute atomic E-state index is 9.08. The van der Waals surface area contributed by atoms with Gasteiger partial charge in [0.25, 0.3) is 0 Å². The molecule has 11 nitrogen and oxygen atoms in total. The Bertz CT molecular complexity index is 1190. The van der Waals surface area contributed by atoms with Gasteiger partial charge in [-0.3, -0.25) is 11.5 Å². The van der Waals surface area contributed by atoms with E-state index < -0.39 is 20.2 Å². The molecule has 1 aliphatic rings. The lowest BCUT2D eigenvalue weighted by molar-refractivity contribution is -0.464. The van der Waals surface area contributed by atoms with Gasteiger partial charge in [-0.05, 0) is 12.5 Å². The Hall–Kier alpha value is -1.81. The highest BCUT2D eigenvalue weighted by Gasteiger charge is 2.33. The number of nitrogens with two attached hydrogens (primary N) is 2. The van der Waals surface area contributed by atoms with E-state index in [1.54, 1.807) is 0 Å². The number of hydrogen-bond donors (Lipinski definition) is 3. The number of pyridine rings is 1. The summed E-state index contributed by atoms with van der Waals surface area (Å²) in [5, 5.41) is 9.62. The first kappa shape index (κ1) is 29.2. The zero-order valence-electron chi connectivity index (χ0n) is 17.8. The summed E-state index contributed by atoms with van der Waals surface area (Å²) >= 11 is 14.1. The van der Waals surface area contributed by atoms with Crippen LogP contribution < -0.4 is 21.6 Å². The minimum absolute atomic E-state index is 0.0605. The number of fused-ring (bicyclic) bond motifs is 1. The molecule has 33 heavy (non-hydrogen) atoms. The third kappa shape index (κ3) is 11.2. The largest absolute Gasteiger partial charge is 0.748 e. The van der Waals surface area contributed by atoms with Gasteiger partial charge in [0.15, 0.2) is 11.9 Å². The normalized spacial score (nSPS) is 16.6. The smallest absolute Gasteiger partial charge is 0.362 e. The van der Waals surface area contributed by atoms with Crippen LogP contribution in [0.1, 0.15) is 34.7 Å². The summed E-state index contributed by atoms with van der Waals surface area (Å²) in [6, 6.07) is 2.02. The molecule has 16 heteroatoms. The third-order valence-electron chi connectivity index (χ3n) is 3.93. The standard InChI is InChI=1S/C15H15Cl2N5S.2CH4O3S/c1-7-2-3-20-10-4-8(13-9(16)6-23-14(13)17)5-11(12(7)10)21-22-15(18)19;2*1-5(2,3)4/h2-3,6,8H,4-5H2,1H3,(H4,18,19,22);2*1H3,(H,2,3,4)/b21-11+;;/t8-;;/m1../s1. The van der Waals surface area contributed by atoms with Gasteiger partial charge in [-0.15, -0.1) is 16.4 Å². The number of guanidine groups is 1. The van der Waals surface area contributed by atoms with Gasteiger partial charge in [0.1, 0.15) is 0 Å². The molecular formula is C17H23Cl2N5O6S3. The molecular weight excluding hydrogens is 537 g/mol. The van der Waals surface area contributed by atoms with Crippen molar-refractivity contribution in [2.24, 2.45) is 16.6 Å². The number of halogens is 2. The van der Waals surface area contributed by atoms with Crippen LogP contribution in [0.3, 0.4) is 0 Å². The molecule has 0 saturated carbocycles. The minimum Gasteiger partial charge on any atom is -0.748 e. The molecule has 0 amide bonds. The molecule has 0 fully saturated rings. The van der Waals surface area contributed by atoms with Crippen LogP contribution in [0.4, 0.5) is 0 Å². The van der Waals surface area contributed by atoms with Crippen molar-refractivity contribution < 1.29 is 36.0 Å². The molecule has 0 aromatic carbocycles. The van der Waals surface area contributed by atoms with Crippen LogP contribution in [-0.2, 0) is 26.7 Å². The molecule has 0 aliphatic heterocycles. The van der Waals surface area contributed by atoms with Crippen molar-refractivity contribution in [3.63, 3.8) is 0 Å². The fourth-order valence-electron chi connectivity index (χ4n) is 3.00. The number of H-pyrrole nitrogens is 1. The molecule has 2 aromatic heterocycles. The van der Waals surface area contributed by atoms with Crippen LogP contribution in [0.5, 0.6) is 0 Å². The molecule has 3 rings (SSSR count). The van der Waals surface area contributed by atoms with Crippen molar-refractivity contribution in [1.29, 1.82) is 0 Å². The summed E-state index contributed by atoms with van der Waals surface area (Å²) in [6.07, 6.45) is 4.68. The number of hydrazone groups is 1. The van der Waals surface area contributed by atoms with Crippen LogP contribution in [-0.4, -0.2) is 50.1 Å². The molecule has 0 spiro atoms. The fraction of sp³-hybridized carbons (Fsp3) is 0.353. The van der Waals surface area contributed by atoms with Gasteiger partial charge in [0.2, 0.25) is 0 Å². The molecule has 0 radical (unpaired) electrons. The zero-order valence-corrected chi connectivity index (χ0v) is 21.7. The fourth-order valence-corrected chi connectivity index (χ4v) is 4.61. The topological polar surface area (TPSA) is 207 Å². The van der Waals surface area contributed by atoms with E-state index in [0.717, 1.165) is 38.9 Å². The highest BCUT2D eigenvalue weighted by molar-refractivity contribution is 7.85. The number of rotatable bonds is 2. The second-order valence-electron chi connectivity index (χ2n) is 6.92. The average molecular weight is 561 g/mol. The summed E-state index contributed by atoms with van der Waals surface area (Å²) in [5.74, 6) is 0.219. The van der Waals surface area contributed by atoms with Crippen LogP contribution >= 0.6 is 34.5 Å². The van der Waals surface area contributed by atoms with Crippen molar-refractivity contribution in [3.05, 3.63) is 49.4 Å². The Balaban J connectivity index is 0.000000460. The van der Waals surface area contributed by atoms with Crippen molar-refractivity contribution in [1.82, 2.24) is 0 Å². The van der Waals surface area contributed by atoms with Crippen molar-refractivity contribution in [2.45, 2.75) is 25.7 Å². The highest BCUT2D eigenvalue weighted by atomic mass is 35.5. The summed E-state index contributed by atoms with van der Waals surface area (Å²) in [6.45, 7) is 2.06. The van der Waals surface area contributed by atoms with Crippen LogP contribution in [0, 0.1) is 6.92 Å². The van der Waals surface area contributed by atoms with Gasteiger partial charge < -0.3 is 9.11 Å². The van der Waals surface area contributed by atoms with E-state index in [0.29, 0.717) is 24.0 Å². The lowest BCUT2D eigenvalue weighted by Crippen LogP contribution is -2.73. The predicted molar refractivity (Wildman–Crippen MR) is 125 cm³/mol. The van der Waals surface area contributed by atoms with Gasteiger partial charge in [0.05, 0.1) is 40.9 Å². The SMILES string of the molecule is CS(=O)(=O)[O-].CS(=O)(=O)[O-].Cc1cc[nH+]c2c1/C(=N/[NH+]=C(N)N)C[C@H](c1c(Cl)csc1Cl)C2. The van der Waals surface area contributed by atoms with Crippen molar-refractivity contribution in [2.75, 3.05) is 12.5 Å². The number of aryl methyl sites for hydroxylation is 1. The second kappa shape index (κ2) is 12.1. The van der Waals surface area contributed by atoms with Gasteiger partial charge >= 0.3 is 5.96 Å². The Morgan fingerprint density at radius 2 is 1.73 bits per heavy atom. The lowest BCUT2D eigenvalue weighted by atomic mass is 9.81. The lowest BCUT2D eigenvalue weighted by Gasteiger charge is -2.23. The number of thiophene rings is 1. The molecule has 1 aliphatic carbocycles. The van der Waals surface area contributed by atoms with E-state index in [9.17, 15) is 0 Å². The number of hydrogen-bond acceptors (Lipinski definition) is 8. The summed E-state index contributed by atoms with van der Waals surface area (Å²) < 4.78 is 55.2. The highest BCUT2D eigenvalue weighted by Crippen LogP contribution is 2.42. The van der Waals surface area contributed by atoms with Crippen molar-refractivity contribution >= 4 is 66.4 Å². The maximum atomic E-state index is 9.08. The molecule has 6 N–H and O–H groups in total. The van der Waals surface area contributed by atoms with Crippen LogP contribution in [0.15, 0.2) is 22.7 Å². The van der Waals surface area contributed by atoms with Crippen molar-refractivity contribution in [3.8, 4) is 0 Å². The molecule has 0 saturated heterocycles. The first-order valence-electron chi connectivity index (χ1n) is 8.92. The number of nitrogens with zero attached hydrogens (tertiary/aromatic N) is 1. The molecule has 184 valence electrons. The molecule has 0 unspecified atom stereocenters. The zero-order chi connectivity index (χ0) is 25.6. The Kier molecular flexibility index (Phi) is 10.7. The Morgan fingerprint density at radius 1 is 1.18 bits per heavy atom.